The van der Waals surface area contributed by atoms with Gasteiger partial charge in [0.1, 0.15) is 6.33 Å². The molecule has 0 radical (unpaired) electrons. The molecule has 0 spiro atoms. The van der Waals surface area contributed by atoms with Crippen molar-refractivity contribution in [1.82, 2.24) is 25.4 Å². The SMILES string of the molecule is CN=C(NCc1cccc(-c2ncn[nH]2)c1)N1CCC(COCCOC)C1.I. The summed E-state index contributed by atoms with van der Waals surface area (Å²) in [6, 6.07) is 8.25. The van der Waals surface area contributed by atoms with Crippen LogP contribution in [0.25, 0.3) is 11.4 Å². The van der Waals surface area contributed by atoms with Gasteiger partial charge in [-0.1, -0.05) is 18.2 Å². The number of aliphatic imine (C=N–C) groups is 1. The minimum atomic E-state index is 0. The van der Waals surface area contributed by atoms with Gasteiger partial charge in [-0.3, -0.25) is 10.1 Å². The number of halogens is 1. The fourth-order valence-electron chi connectivity index (χ4n) is 3.24. The standard InChI is InChI=1S/C19H28N6O2.HI/c1-20-19(25-7-6-16(12-25)13-27-9-8-26-2)21-11-15-4-3-5-17(10-15)18-22-14-23-24-18;/h3-5,10,14,16H,6-9,11-13H2,1-2H3,(H,20,21)(H,22,23,24);1H. The highest BCUT2D eigenvalue weighted by atomic mass is 127. The Morgan fingerprint density at radius 3 is 3.04 bits per heavy atom. The largest absolute Gasteiger partial charge is 0.382 e. The summed E-state index contributed by atoms with van der Waals surface area (Å²) in [6.07, 6.45) is 2.64. The molecule has 3 rings (SSSR count). The van der Waals surface area contributed by atoms with Crippen LogP contribution in [0.2, 0.25) is 0 Å². The number of hydrogen-bond donors (Lipinski definition) is 2. The van der Waals surface area contributed by atoms with Crippen LogP contribution in [0.4, 0.5) is 0 Å². The zero-order chi connectivity index (χ0) is 18.9. The van der Waals surface area contributed by atoms with Gasteiger partial charge in [-0.2, -0.15) is 5.10 Å². The van der Waals surface area contributed by atoms with Crippen LogP contribution in [-0.2, 0) is 16.0 Å². The van der Waals surface area contributed by atoms with Crippen molar-refractivity contribution in [3.8, 4) is 11.4 Å². The van der Waals surface area contributed by atoms with Crippen molar-refractivity contribution in [2.24, 2.45) is 10.9 Å². The summed E-state index contributed by atoms with van der Waals surface area (Å²) in [5.74, 6) is 2.24. The second kappa shape index (κ2) is 12.0. The highest BCUT2D eigenvalue weighted by Gasteiger charge is 2.24. The number of guanidine groups is 1. The van der Waals surface area contributed by atoms with E-state index in [0.29, 0.717) is 25.7 Å². The molecule has 0 amide bonds. The van der Waals surface area contributed by atoms with E-state index in [1.54, 1.807) is 7.11 Å². The number of nitrogens with one attached hydrogen (secondary N) is 2. The summed E-state index contributed by atoms with van der Waals surface area (Å²) in [7, 11) is 3.52. The molecule has 1 aromatic carbocycles. The van der Waals surface area contributed by atoms with Crippen molar-refractivity contribution in [3.05, 3.63) is 36.2 Å². The fraction of sp³-hybridized carbons (Fsp3) is 0.526. The number of ether oxygens (including phenoxy) is 2. The van der Waals surface area contributed by atoms with E-state index in [1.165, 1.54) is 11.9 Å². The molecule has 1 atom stereocenters. The number of aromatic nitrogens is 3. The maximum atomic E-state index is 5.67. The number of benzene rings is 1. The first-order chi connectivity index (χ1) is 13.3. The predicted octanol–water partition coefficient (Wildman–Crippen LogP) is 2.15. The van der Waals surface area contributed by atoms with Crippen LogP contribution in [0.15, 0.2) is 35.6 Å². The molecule has 8 nitrogen and oxygen atoms in total. The van der Waals surface area contributed by atoms with Crippen molar-refractivity contribution in [1.29, 1.82) is 0 Å². The quantitative estimate of drug-likeness (QED) is 0.250. The van der Waals surface area contributed by atoms with E-state index >= 15 is 0 Å². The Kier molecular flexibility index (Phi) is 9.65. The van der Waals surface area contributed by atoms with E-state index in [9.17, 15) is 0 Å². The first kappa shape index (κ1) is 22.6. The molecule has 1 saturated heterocycles. The lowest BCUT2D eigenvalue weighted by Gasteiger charge is -2.22. The number of nitrogens with zero attached hydrogens (tertiary/aromatic N) is 4. The number of rotatable bonds is 8. The van der Waals surface area contributed by atoms with Gasteiger partial charge >= 0.3 is 0 Å². The van der Waals surface area contributed by atoms with E-state index < -0.39 is 0 Å². The number of methoxy groups -OCH3 is 1. The third-order valence-electron chi connectivity index (χ3n) is 4.65. The maximum absolute atomic E-state index is 5.67. The Labute approximate surface area is 183 Å². The van der Waals surface area contributed by atoms with Gasteiger partial charge in [0, 0.05) is 45.3 Å². The molecule has 154 valence electrons. The molecule has 1 aliphatic rings. The zero-order valence-corrected chi connectivity index (χ0v) is 18.8. The van der Waals surface area contributed by atoms with Crippen molar-refractivity contribution in [2.45, 2.75) is 13.0 Å². The van der Waals surface area contributed by atoms with E-state index in [0.717, 1.165) is 43.5 Å². The van der Waals surface area contributed by atoms with Gasteiger partial charge in [0.05, 0.1) is 19.8 Å². The lowest BCUT2D eigenvalue weighted by atomic mass is 10.1. The summed E-state index contributed by atoms with van der Waals surface area (Å²) in [5.41, 5.74) is 2.19. The molecule has 0 bridgehead atoms. The molecule has 28 heavy (non-hydrogen) atoms. The first-order valence-electron chi connectivity index (χ1n) is 9.27. The Morgan fingerprint density at radius 1 is 1.39 bits per heavy atom. The van der Waals surface area contributed by atoms with Crippen LogP contribution in [0.1, 0.15) is 12.0 Å². The number of likely N-dealkylation sites (tertiary alicyclic amines) is 1. The van der Waals surface area contributed by atoms with Crippen LogP contribution in [0.3, 0.4) is 0 Å². The normalized spacial score (nSPS) is 16.9. The maximum Gasteiger partial charge on any atom is 0.193 e. The fourth-order valence-corrected chi connectivity index (χ4v) is 3.24. The second-order valence-corrected chi connectivity index (χ2v) is 6.60. The van der Waals surface area contributed by atoms with Crippen LogP contribution in [0, 0.1) is 5.92 Å². The van der Waals surface area contributed by atoms with Gasteiger partial charge in [0.2, 0.25) is 0 Å². The van der Waals surface area contributed by atoms with Crippen molar-refractivity contribution >= 4 is 29.9 Å². The number of hydrogen-bond acceptors (Lipinski definition) is 5. The Morgan fingerprint density at radius 2 is 2.29 bits per heavy atom. The van der Waals surface area contributed by atoms with Crippen molar-refractivity contribution in [2.75, 3.05) is 47.1 Å². The van der Waals surface area contributed by atoms with Crippen LogP contribution >= 0.6 is 24.0 Å². The minimum Gasteiger partial charge on any atom is -0.382 e. The van der Waals surface area contributed by atoms with Gasteiger partial charge in [-0.25, -0.2) is 4.98 Å². The van der Waals surface area contributed by atoms with Gasteiger partial charge < -0.3 is 19.7 Å². The molecule has 2 heterocycles. The summed E-state index contributed by atoms with van der Waals surface area (Å²) in [6.45, 7) is 4.74. The number of H-pyrrole nitrogens is 1. The minimum absolute atomic E-state index is 0. The Bertz CT molecular complexity index is 725. The number of aromatic amines is 1. The van der Waals surface area contributed by atoms with Gasteiger partial charge in [-0.15, -0.1) is 24.0 Å². The first-order valence-corrected chi connectivity index (χ1v) is 9.27. The molecule has 0 aliphatic carbocycles. The highest BCUT2D eigenvalue weighted by molar-refractivity contribution is 14.0. The molecule has 1 aromatic heterocycles. The van der Waals surface area contributed by atoms with Crippen LogP contribution < -0.4 is 5.32 Å². The van der Waals surface area contributed by atoms with E-state index in [1.807, 2.05) is 19.2 Å². The lowest BCUT2D eigenvalue weighted by molar-refractivity contribution is 0.0536. The lowest BCUT2D eigenvalue weighted by Crippen LogP contribution is -2.39. The Balaban J connectivity index is 0.00000280. The second-order valence-electron chi connectivity index (χ2n) is 6.60. The monoisotopic (exact) mass is 500 g/mol. The van der Waals surface area contributed by atoms with Gasteiger partial charge in [0.25, 0.3) is 0 Å². The van der Waals surface area contributed by atoms with Crippen molar-refractivity contribution < 1.29 is 9.47 Å². The molecule has 2 aromatic rings. The van der Waals surface area contributed by atoms with Crippen molar-refractivity contribution in [3.63, 3.8) is 0 Å². The molecule has 1 aliphatic heterocycles. The average molecular weight is 500 g/mol. The molecular formula is C19H29IN6O2. The third kappa shape index (κ3) is 6.42. The Hall–Kier alpha value is -1.72. The topological polar surface area (TPSA) is 87.7 Å². The summed E-state index contributed by atoms with van der Waals surface area (Å²) >= 11 is 0. The zero-order valence-electron chi connectivity index (χ0n) is 16.4. The highest BCUT2D eigenvalue weighted by Crippen LogP contribution is 2.18. The van der Waals surface area contributed by atoms with E-state index in [2.05, 4.69) is 42.5 Å². The molecule has 1 unspecified atom stereocenters. The summed E-state index contributed by atoms with van der Waals surface area (Å²) in [5, 5.41) is 10.3. The predicted molar refractivity (Wildman–Crippen MR) is 120 cm³/mol. The average Bonchev–Trinajstić information content (AvgIpc) is 3.39. The van der Waals surface area contributed by atoms with Crippen LogP contribution in [-0.4, -0.2) is 73.1 Å². The van der Waals surface area contributed by atoms with E-state index in [-0.39, 0.29) is 24.0 Å². The smallest absolute Gasteiger partial charge is 0.193 e. The molecule has 2 N–H and O–H groups in total. The van der Waals surface area contributed by atoms with E-state index in [4.69, 9.17) is 9.47 Å². The van der Waals surface area contributed by atoms with Crippen LogP contribution in [0.5, 0.6) is 0 Å². The molecular weight excluding hydrogens is 471 g/mol. The third-order valence-corrected chi connectivity index (χ3v) is 4.65. The van der Waals surface area contributed by atoms with Gasteiger partial charge in [-0.05, 0) is 18.1 Å². The molecule has 0 saturated carbocycles. The molecule has 1 fully saturated rings. The summed E-state index contributed by atoms with van der Waals surface area (Å²) < 4.78 is 10.7. The summed E-state index contributed by atoms with van der Waals surface area (Å²) in [4.78, 5) is 10.9. The van der Waals surface area contributed by atoms with Gasteiger partial charge in [0.15, 0.2) is 11.8 Å². The molecule has 9 heteroatoms.